The van der Waals surface area contributed by atoms with E-state index >= 15 is 0 Å². The summed E-state index contributed by atoms with van der Waals surface area (Å²) in [6, 6.07) is 7.42. The Kier molecular flexibility index (Phi) is 6.32. The van der Waals surface area contributed by atoms with Gasteiger partial charge in [0.1, 0.15) is 17.4 Å². The van der Waals surface area contributed by atoms with Crippen LogP contribution in [0, 0.1) is 11.8 Å². The van der Waals surface area contributed by atoms with Gasteiger partial charge in [0, 0.05) is 11.7 Å². The van der Waals surface area contributed by atoms with Gasteiger partial charge in [-0.15, -0.1) is 0 Å². The fourth-order valence-corrected chi connectivity index (χ4v) is 6.99. The van der Waals surface area contributed by atoms with Crippen molar-refractivity contribution in [3.05, 3.63) is 64.6 Å². The van der Waals surface area contributed by atoms with Crippen LogP contribution in [-0.4, -0.2) is 45.9 Å². The first-order valence-electron chi connectivity index (χ1n) is 13.0. The van der Waals surface area contributed by atoms with Crippen molar-refractivity contribution in [3.63, 3.8) is 0 Å². The molecule has 2 N–H and O–H groups in total. The topological polar surface area (TPSA) is 101 Å². The molecule has 3 aliphatic heterocycles. The lowest BCUT2D eigenvalue weighted by molar-refractivity contribution is -0.145. The molecule has 2 aromatic rings. The summed E-state index contributed by atoms with van der Waals surface area (Å²) < 4.78 is 12.1. The Balaban J connectivity index is 1.34. The summed E-state index contributed by atoms with van der Waals surface area (Å²) in [6.45, 7) is 1.89. The fraction of sp³-hybridized carbons (Fsp3) is 0.464. The van der Waals surface area contributed by atoms with Crippen LogP contribution in [-0.2, 0) is 25.7 Å². The number of carbonyl (C=O) groups excluding carboxylic acids is 3. The largest absolute Gasteiger partial charge is 0.467 e. The molecule has 38 heavy (non-hydrogen) atoms. The van der Waals surface area contributed by atoms with Crippen LogP contribution < -0.4 is 10.6 Å². The summed E-state index contributed by atoms with van der Waals surface area (Å²) in [4.78, 5) is 43.2. The Bertz CT molecular complexity index is 1310. The molecule has 200 valence electrons. The van der Waals surface area contributed by atoms with Crippen LogP contribution in [0.15, 0.2) is 53.2 Å². The van der Waals surface area contributed by atoms with Crippen LogP contribution in [0.25, 0.3) is 0 Å². The smallest absolute Gasteiger partial charge is 0.246 e. The zero-order valence-corrected chi connectivity index (χ0v) is 22.4. The molecule has 2 saturated heterocycles. The molecular formula is C28H29Cl2N3O5. The summed E-state index contributed by atoms with van der Waals surface area (Å²) in [5.41, 5.74) is -1.87. The third-order valence-electron chi connectivity index (χ3n) is 8.37. The first kappa shape index (κ1) is 25.5. The average Bonchev–Trinajstić information content (AvgIpc) is 3.62. The Labute approximate surface area is 230 Å². The van der Waals surface area contributed by atoms with Gasteiger partial charge in [-0.2, -0.15) is 0 Å². The van der Waals surface area contributed by atoms with Crippen LogP contribution in [0.3, 0.4) is 0 Å². The van der Waals surface area contributed by atoms with Crippen molar-refractivity contribution >= 4 is 46.6 Å². The number of halogens is 2. The third-order valence-corrected chi connectivity index (χ3v) is 9.11. The van der Waals surface area contributed by atoms with Crippen molar-refractivity contribution in [2.75, 3.05) is 5.32 Å². The number of hydrogen-bond acceptors (Lipinski definition) is 5. The van der Waals surface area contributed by atoms with Crippen molar-refractivity contribution in [3.8, 4) is 0 Å². The van der Waals surface area contributed by atoms with E-state index in [1.54, 1.807) is 37.3 Å². The maximum atomic E-state index is 14.1. The molecule has 0 radical (unpaired) electrons. The quantitative estimate of drug-likeness (QED) is 0.500. The second kappa shape index (κ2) is 9.43. The monoisotopic (exact) mass is 557 g/mol. The van der Waals surface area contributed by atoms with Gasteiger partial charge in [0.25, 0.3) is 0 Å². The Hall–Kier alpha value is -2.81. The normalized spacial score (nSPS) is 32.0. The molecule has 10 heteroatoms. The van der Waals surface area contributed by atoms with Gasteiger partial charge in [-0.3, -0.25) is 14.4 Å². The predicted octanol–water partition coefficient (Wildman–Crippen LogP) is 4.71. The number of carbonyl (C=O) groups is 3. The average molecular weight is 558 g/mol. The molecule has 1 aromatic heterocycles. The third kappa shape index (κ3) is 4.05. The van der Waals surface area contributed by atoms with Gasteiger partial charge in [-0.1, -0.05) is 54.6 Å². The molecule has 4 heterocycles. The lowest BCUT2D eigenvalue weighted by atomic mass is 9.70. The lowest BCUT2D eigenvalue weighted by Crippen LogP contribution is -2.56. The molecule has 3 unspecified atom stereocenters. The summed E-state index contributed by atoms with van der Waals surface area (Å²) in [6.07, 6.45) is 10.2. The van der Waals surface area contributed by atoms with Crippen molar-refractivity contribution in [2.24, 2.45) is 11.8 Å². The number of nitrogens with zero attached hydrogens (tertiary/aromatic N) is 1. The van der Waals surface area contributed by atoms with Crippen molar-refractivity contribution < 1.29 is 23.5 Å². The van der Waals surface area contributed by atoms with E-state index in [4.69, 9.17) is 32.4 Å². The van der Waals surface area contributed by atoms with E-state index in [1.807, 2.05) is 12.2 Å². The molecule has 1 aromatic carbocycles. The fourth-order valence-electron chi connectivity index (χ4n) is 6.69. The van der Waals surface area contributed by atoms with Crippen molar-refractivity contribution in [2.45, 2.75) is 68.9 Å². The van der Waals surface area contributed by atoms with Crippen LogP contribution >= 0.6 is 23.2 Å². The Morgan fingerprint density at radius 3 is 2.58 bits per heavy atom. The molecule has 1 saturated carbocycles. The number of nitrogens with one attached hydrogen (secondary N) is 2. The highest BCUT2D eigenvalue weighted by molar-refractivity contribution is 6.42. The number of amides is 3. The minimum Gasteiger partial charge on any atom is -0.467 e. The number of rotatable bonds is 6. The molecule has 2 bridgehead atoms. The summed E-state index contributed by atoms with van der Waals surface area (Å²) in [5.74, 6) is -2.15. The highest BCUT2D eigenvalue weighted by Crippen LogP contribution is 2.60. The van der Waals surface area contributed by atoms with E-state index in [0.29, 0.717) is 21.5 Å². The van der Waals surface area contributed by atoms with Gasteiger partial charge in [0.05, 0.1) is 40.3 Å². The molecule has 3 fully saturated rings. The van der Waals surface area contributed by atoms with E-state index in [9.17, 15) is 14.4 Å². The molecule has 3 amide bonds. The first-order valence-corrected chi connectivity index (χ1v) is 13.8. The minimum absolute atomic E-state index is 0.0548. The second-order valence-corrected chi connectivity index (χ2v) is 11.7. The number of furan rings is 1. The summed E-state index contributed by atoms with van der Waals surface area (Å²) in [7, 11) is 0. The molecule has 6 rings (SSSR count). The minimum atomic E-state index is -1.27. The maximum Gasteiger partial charge on any atom is 0.246 e. The van der Waals surface area contributed by atoms with Crippen LogP contribution in [0.2, 0.25) is 10.0 Å². The predicted molar refractivity (Wildman–Crippen MR) is 141 cm³/mol. The SMILES string of the molecule is C[C@]12C=CC3(O1)C(C(=O)NC1CCCCC1)N(Cc1ccco1)C(=O)[C@H]3C2C(=O)Nc1ccc(Cl)c(Cl)c1. The molecule has 1 spiro atoms. The van der Waals surface area contributed by atoms with Gasteiger partial charge < -0.3 is 24.7 Å². The number of likely N-dealkylation sites (tertiary alicyclic amines) is 1. The van der Waals surface area contributed by atoms with E-state index in [1.165, 1.54) is 11.2 Å². The highest BCUT2D eigenvalue weighted by Gasteiger charge is 2.76. The zero-order chi connectivity index (χ0) is 26.7. The molecule has 4 aliphatic rings. The molecule has 5 atom stereocenters. The maximum absolute atomic E-state index is 14.1. The van der Waals surface area contributed by atoms with Gasteiger partial charge >= 0.3 is 0 Å². The number of fused-ring (bicyclic) bond motifs is 1. The molecule has 1 aliphatic carbocycles. The highest BCUT2D eigenvalue weighted by atomic mass is 35.5. The van der Waals surface area contributed by atoms with Gasteiger partial charge in [0.15, 0.2) is 0 Å². The number of anilines is 1. The van der Waals surface area contributed by atoms with Gasteiger partial charge in [0.2, 0.25) is 17.7 Å². The van der Waals surface area contributed by atoms with E-state index < -0.39 is 29.1 Å². The molecule has 8 nitrogen and oxygen atoms in total. The number of hydrogen-bond donors (Lipinski definition) is 2. The molecular weight excluding hydrogens is 529 g/mol. The van der Waals surface area contributed by atoms with Crippen molar-refractivity contribution in [1.29, 1.82) is 0 Å². The van der Waals surface area contributed by atoms with Gasteiger partial charge in [-0.25, -0.2) is 0 Å². The number of ether oxygens (including phenoxy) is 1. The number of benzene rings is 1. The zero-order valence-electron chi connectivity index (χ0n) is 20.9. The van der Waals surface area contributed by atoms with E-state index in [2.05, 4.69) is 10.6 Å². The summed E-state index contributed by atoms with van der Waals surface area (Å²) >= 11 is 12.2. The van der Waals surface area contributed by atoms with E-state index in [0.717, 1.165) is 32.1 Å². The van der Waals surface area contributed by atoms with Gasteiger partial charge in [-0.05, 0) is 50.1 Å². The summed E-state index contributed by atoms with van der Waals surface area (Å²) in [5, 5.41) is 6.73. The van der Waals surface area contributed by atoms with Crippen molar-refractivity contribution in [1.82, 2.24) is 10.2 Å². The van der Waals surface area contributed by atoms with E-state index in [-0.39, 0.29) is 30.3 Å². The van der Waals surface area contributed by atoms with Crippen LogP contribution in [0.1, 0.15) is 44.8 Å². The standard InChI is InChI=1S/C28H29Cl2N3O5/c1-27-11-12-28(38-27)22(21(27)24(34)32-17-9-10-19(29)20(30)14-17)26(36)33(15-18-8-5-13-37-18)23(28)25(35)31-16-6-3-2-4-7-16/h5,8-14,16,21-23H,2-4,6-7,15H2,1H3,(H,31,35)(H,32,34)/t21?,22-,23?,27-,28?/m1/s1. The van der Waals surface area contributed by atoms with Crippen LogP contribution in [0.4, 0.5) is 5.69 Å². The second-order valence-electron chi connectivity index (χ2n) is 10.8. The van der Waals surface area contributed by atoms with Crippen LogP contribution in [0.5, 0.6) is 0 Å². The first-order chi connectivity index (χ1) is 18.2. The Morgan fingerprint density at radius 2 is 1.87 bits per heavy atom. The lowest BCUT2D eigenvalue weighted by Gasteiger charge is -2.34. The Morgan fingerprint density at radius 1 is 1.08 bits per heavy atom.